The second-order valence-electron chi connectivity index (χ2n) is 5.72. The number of nitrogens with one attached hydrogen (secondary N) is 1. The molecule has 2 atom stereocenters. The van der Waals surface area contributed by atoms with Crippen LogP contribution in [0.1, 0.15) is 46.6 Å². The average molecular weight is 306 g/mol. The number of benzene rings is 1. The molecule has 0 unspecified atom stereocenters. The Balaban J connectivity index is 0.00000220. The van der Waals surface area contributed by atoms with Gasteiger partial charge in [-0.1, -0.05) is 45.2 Å². The highest BCUT2D eigenvalue weighted by molar-refractivity contribution is 5.82. The van der Waals surface area contributed by atoms with E-state index in [1.165, 1.54) is 12.0 Å². The molecule has 1 aromatic rings. The third kappa shape index (κ3) is 5.54. The van der Waals surface area contributed by atoms with Crippen LogP contribution in [0.15, 0.2) is 30.3 Å². The van der Waals surface area contributed by atoms with Crippen LogP contribution in [-0.2, 0) is 11.2 Å². The third-order valence-electron chi connectivity index (χ3n) is 4.28. The number of hydrogen-bond donors (Lipinski definition) is 1. The monoisotopic (exact) mass is 306 g/mol. The highest BCUT2D eigenvalue weighted by atomic mass is 16.1. The first-order valence-electron chi connectivity index (χ1n) is 7.68. The summed E-state index contributed by atoms with van der Waals surface area (Å²) < 4.78 is 0. The highest BCUT2D eigenvalue weighted by Gasteiger charge is 2.33. The van der Waals surface area contributed by atoms with Gasteiger partial charge in [-0.25, -0.2) is 0 Å². The SMILES string of the molecule is C.C.CN[C@H]1CCCN(CCCc2ccccc2)[C@H]1C(C)=O. The molecule has 22 heavy (non-hydrogen) atoms. The number of ketones is 1. The van der Waals surface area contributed by atoms with E-state index in [4.69, 9.17) is 0 Å². The van der Waals surface area contributed by atoms with Crippen LogP contribution in [0.2, 0.25) is 0 Å². The maximum Gasteiger partial charge on any atom is 0.148 e. The van der Waals surface area contributed by atoms with Gasteiger partial charge in [0, 0.05) is 6.04 Å². The number of nitrogens with zero attached hydrogens (tertiary/aromatic N) is 1. The van der Waals surface area contributed by atoms with Gasteiger partial charge in [0.05, 0.1) is 6.04 Å². The lowest BCUT2D eigenvalue weighted by molar-refractivity contribution is -0.124. The molecule has 1 aliphatic rings. The summed E-state index contributed by atoms with van der Waals surface area (Å²) in [4.78, 5) is 14.3. The van der Waals surface area contributed by atoms with Crippen molar-refractivity contribution in [1.82, 2.24) is 10.2 Å². The maximum absolute atomic E-state index is 11.9. The van der Waals surface area contributed by atoms with Crippen LogP contribution in [0.5, 0.6) is 0 Å². The molecule has 1 saturated heterocycles. The molecule has 2 rings (SSSR count). The van der Waals surface area contributed by atoms with Crippen LogP contribution >= 0.6 is 0 Å². The van der Waals surface area contributed by atoms with Crippen LogP contribution in [0.3, 0.4) is 0 Å². The smallest absolute Gasteiger partial charge is 0.148 e. The molecule has 1 aliphatic heterocycles. The van der Waals surface area contributed by atoms with Crippen molar-refractivity contribution in [3.05, 3.63) is 35.9 Å². The van der Waals surface area contributed by atoms with Crippen molar-refractivity contribution in [2.45, 2.75) is 59.5 Å². The standard InChI is InChI=1S/C17H26N2O.2CH4/c1-14(20)17-16(18-2)11-7-13-19(17)12-6-10-15-8-4-3-5-9-15;;/h3-5,8-9,16-18H,6-7,10-13H2,1-2H3;2*1H4/t16-,17-;;/m0../s1. The maximum atomic E-state index is 11.9. The Morgan fingerprint density at radius 1 is 1.27 bits per heavy atom. The number of likely N-dealkylation sites (tertiary alicyclic amines) is 1. The third-order valence-corrected chi connectivity index (χ3v) is 4.28. The highest BCUT2D eigenvalue weighted by Crippen LogP contribution is 2.19. The summed E-state index contributed by atoms with van der Waals surface area (Å²) in [6, 6.07) is 11.0. The van der Waals surface area contributed by atoms with E-state index in [9.17, 15) is 4.79 Å². The van der Waals surface area contributed by atoms with Crippen LogP contribution in [0, 0.1) is 0 Å². The summed E-state index contributed by atoms with van der Waals surface area (Å²) in [5.41, 5.74) is 1.38. The normalized spacial score (nSPS) is 21.5. The first-order chi connectivity index (χ1) is 9.72. The molecular weight excluding hydrogens is 272 g/mol. The molecular formula is C19H34N2O. The van der Waals surface area contributed by atoms with E-state index in [1.807, 2.05) is 7.05 Å². The molecule has 1 fully saturated rings. The molecule has 1 heterocycles. The zero-order valence-electron chi connectivity index (χ0n) is 12.6. The fourth-order valence-electron chi connectivity index (χ4n) is 3.29. The molecule has 3 heteroatoms. The Hall–Kier alpha value is -1.19. The van der Waals surface area contributed by atoms with Crippen molar-refractivity contribution in [2.24, 2.45) is 0 Å². The van der Waals surface area contributed by atoms with Gasteiger partial charge in [0.15, 0.2) is 0 Å². The first kappa shape index (κ1) is 20.8. The Morgan fingerprint density at radius 3 is 2.55 bits per heavy atom. The van der Waals surface area contributed by atoms with E-state index in [2.05, 4.69) is 40.5 Å². The minimum Gasteiger partial charge on any atom is -0.315 e. The Morgan fingerprint density at radius 2 is 1.95 bits per heavy atom. The lowest BCUT2D eigenvalue weighted by Gasteiger charge is -2.39. The molecule has 1 N–H and O–H groups in total. The van der Waals surface area contributed by atoms with Crippen LogP contribution in [-0.4, -0.2) is 42.9 Å². The number of piperidine rings is 1. The molecule has 1 aromatic carbocycles. The molecule has 126 valence electrons. The second-order valence-corrected chi connectivity index (χ2v) is 5.72. The van der Waals surface area contributed by atoms with Crippen molar-refractivity contribution < 1.29 is 4.79 Å². The van der Waals surface area contributed by atoms with E-state index in [1.54, 1.807) is 6.92 Å². The van der Waals surface area contributed by atoms with Crippen LogP contribution in [0.4, 0.5) is 0 Å². The van der Waals surface area contributed by atoms with Crippen LogP contribution < -0.4 is 5.32 Å². The van der Waals surface area contributed by atoms with Crippen molar-refractivity contribution >= 4 is 5.78 Å². The summed E-state index contributed by atoms with van der Waals surface area (Å²) in [7, 11) is 1.97. The quantitative estimate of drug-likeness (QED) is 0.872. The molecule has 0 amide bonds. The van der Waals surface area contributed by atoms with Gasteiger partial charge in [-0.3, -0.25) is 9.69 Å². The van der Waals surface area contributed by atoms with Gasteiger partial charge in [-0.15, -0.1) is 0 Å². The number of Topliss-reactive ketones (excluding diaryl/α,β-unsaturated/α-hetero) is 1. The van der Waals surface area contributed by atoms with Gasteiger partial charge < -0.3 is 5.32 Å². The molecule has 3 nitrogen and oxygen atoms in total. The molecule has 0 bridgehead atoms. The molecule has 0 saturated carbocycles. The number of likely N-dealkylation sites (N-methyl/N-ethyl adjacent to an activating group) is 1. The zero-order valence-corrected chi connectivity index (χ0v) is 12.6. The molecule has 0 aliphatic carbocycles. The molecule has 0 radical (unpaired) electrons. The van der Waals surface area contributed by atoms with Gasteiger partial charge in [-0.2, -0.15) is 0 Å². The predicted molar refractivity (Wildman–Crippen MR) is 96.3 cm³/mol. The van der Waals surface area contributed by atoms with Gasteiger partial charge in [-0.05, 0) is 58.3 Å². The van der Waals surface area contributed by atoms with Crippen LogP contribution in [0.25, 0.3) is 0 Å². The first-order valence-corrected chi connectivity index (χ1v) is 7.68. The van der Waals surface area contributed by atoms with Crippen molar-refractivity contribution in [2.75, 3.05) is 20.1 Å². The number of hydrogen-bond acceptors (Lipinski definition) is 3. The summed E-state index contributed by atoms with van der Waals surface area (Å²) >= 11 is 0. The fourth-order valence-corrected chi connectivity index (χ4v) is 3.29. The fraction of sp³-hybridized carbons (Fsp3) is 0.632. The summed E-state index contributed by atoms with van der Waals surface area (Å²) in [6.07, 6.45) is 4.49. The van der Waals surface area contributed by atoms with Crippen molar-refractivity contribution in [3.8, 4) is 0 Å². The largest absolute Gasteiger partial charge is 0.315 e. The van der Waals surface area contributed by atoms with Gasteiger partial charge in [0.1, 0.15) is 5.78 Å². The topological polar surface area (TPSA) is 32.3 Å². The predicted octanol–water partition coefficient (Wildman–Crippen LogP) is 3.53. The number of rotatable bonds is 6. The second kappa shape index (κ2) is 10.5. The lowest BCUT2D eigenvalue weighted by atomic mass is 9.93. The van der Waals surface area contributed by atoms with Gasteiger partial charge in [0.25, 0.3) is 0 Å². The summed E-state index contributed by atoms with van der Waals surface area (Å²) in [6.45, 7) is 3.79. The van der Waals surface area contributed by atoms with Crippen molar-refractivity contribution in [3.63, 3.8) is 0 Å². The number of aryl methyl sites for hydroxylation is 1. The van der Waals surface area contributed by atoms with E-state index >= 15 is 0 Å². The lowest BCUT2D eigenvalue weighted by Crippen LogP contribution is -2.56. The van der Waals surface area contributed by atoms with Gasteiger partial charge in [0.2, 0.25) is 0 Å². The van der Waals surface area contributed by atoms with E-state index in [0.717, 1.165) is 32.4 Å². The van der Waals surface area contributed by atoms with Crippen molar-refractivity contribution in [1.29, 1.82) is 0 Å². The van der Waals surface area contributed by atoms with E-state index < -0.39 is 0 Å². The minimum atomic E-state index is 0. The summed E-state index contributed by atoms with van der Waals surface area (Å²) in [5, 5.41) is 3.31. The Labute approximate surface area is 137 Å². The molecule has 0 aromatic heterocycles. The Kier molecular flexibility index (Phi) is 9.95. The number of carbonyl (C=O) groups is 1. The zero-order chi connectivity index (χ0) is 14.4. The van der Waals surface area contributed by atoms with Gasteiger partial charge >= 0.3 is 0 Å². The molecule has 0 spiro atoms. The minimum absolute atomic E-state index is 0. The summed E-state index contributed by atoms with van der Waals surface area (Å²) in [5.74, 6) is 0.295. The number of carbonyl (C=O) groups excluding carboxylic acids is 1. The average Bonchev–Trinajstić information content (AvgIpc) is 2.47. The Bertz CT molecular complexity index is 419. The van der Waals surface area contributed by atoms with E-state index in [0.29, 0.717) is 11.8 Å². The van der Waals surface area contributed by atoms with E-state index in [-0.39, 0.29) is 20.9 Å².